The van der Waals surface area contributed by atoms with Crippen LogP contribution in [-0.4, -0.2) is 27.5 Å². The molecule has 0 unspecified atom stereocenters. The van der Waals surface area contributed by atoms with Gasteiger partial charge in [-0.05, 0) is 24.6 Å². The Kier molecular flexibility index (Phi) is 4.00. The van der Waals surface area contributed by atoms with Crippen LogP contribution < -0.4 is 0 Å². The molecule has 1 aromatic heterocycles. The lowest BCUT2D eigenvalue weighted by atomic mass is 9.86. The van der Waals surface area contributed by atoms with Gasteiger partial charge in [-0.2, -0.15) is 5.10 Å². The van der Waals surface area contributed by atoms with Crippen LogP contribution in [0.5, 0.6) is 0 Å². The number of carbonyl (C=O) groups excluding carboxylic acids is 1. The summed E-state index contributed by atoms with van der Waals surface area (Å²) in [5.41, 5.74) is 2.26. The molecule has 1 N–H and O–H groups in total. The Labute approximate surface area is 139 Å². The minimum atomic E-state index is -0.771. The largest absolute Gasteiger partial charge is 0.451 e. The second-order valence-corrected chi connectivity index (χ2v) is 6.24. The lowest BCUT2D eigenvalue weighted by Crippen LogP contribution is -2.21. The monoisotopic (exact) mass is 332 g/mol. The standard InChI is InChI=1S/C17H17ClN2O3/c1-11-8-17(2,23-16(11)22)15-4-3-13(18)7-14(15)12-9-19-20(10-12)5-6-21/h3-4,7,9-10,21H,1,5-6,8H2,2H3/t17-/m0/s1. The number of esters is 1. The van der Waals surface area contributed by atoms with Gasteiger partial charge in [0, 0.05) is 34.3 Å². The zero-order valence-electron chi connectivity index (χ0n) is 12.8. The van der Waals surface area contributed by atoms with Gasteiger partial charge >= 0.3 is 5.97 Å². The molecule has 0 aliphatic carbocycles. The molecule has 0 saturated carbocycles. The fourth-order valence-electron chi connectivity index (χ4n) is 2.89. The number of ether oxygens (including phenoxy) is 1. The Morgan fingerprint density at radius 1 is 1.52 bits per heavy atom. The second kappa shape index (κ2) is 5.83. The summed E-state index contributed by atoms with van der Waals surface area (Å²) in [6, 6.07) is 5.48. The molecular formula is C17H17ClN2O3. The van der Waals surface area contributed by atoms with Gasteiger partial charge in [0.1, 0.15) is 5.60 Å². The normalized spacial score (nSPS) is 20.8. The van der Waals surface area contributed by atoms with E-state index in [4.69, 9.17) is 21.4 Å². The number of hydrogen-bond donors (Lipinski definition) is 1. The van der Waals surface area contributed by atoms with E-state index in [0.717, 1.165) is 16.7 Å². The second-order valence-electron chi connectivity index (χ2n) is 5.81. The quantitative estimate of drug-likeness (QED) is 0.690. The molecule has 23 heavy (non-hydrogen) atoms. The van der Waals surface area contributed by atoms with Gasteiger partial charge in [0.15, 0.2) is 0 Å². The van der Waals surface area contributed by atoms with Crippen LogP contribution in [0.2, 0.25) is 5.02 Å². The number of nitrogens with zero attached hydrogens (tertiary/aromatic N) is 2. The highest BCUT2D eigenvalue weighted by molar-refractivity contribution is 6.30. The van der Waals surface area contributed by atoms with Crippen molar-refractivity contribution >= 4 is 17.6 Å². The number of aliphatic hydroxyl groups is 1. The maximum absolute atomic E-state index is 11.8. The van der Waals surface area contributed by atoms with Crippen molar-refractivity contribution in [3.63, 3.8) is 0 Å². The van der Waals surface area contributed by atoms with E-state index in [1.54, 1.807) is 16.9 Å². The number of hydrogen-bond acceptors (Lipinski definition) is 4. The van der Waals surface area contributed by atoms with Gasteiger partial charge in [0.2, 0.25) is 0 Å². The third-order valence-electron chi connectivity index (χ3n) is 3.98. The third kappa shape index (κ3) is 2.90. The Balaban J connectivity index is 2.08. The molecule has 3 rings (SSSR count). The van der Waals surface area contributed by atoms with E-state index in [1.807, 2.05) is 25.3 Å². The number of benzene rings is 1. The fourth-order valence-corrected chi connectivity index (χ4v) is 3.06. The first-order valence-corrected chi connectivity index (χ1v) is 7.65. The number of aliphatic hydroxyl groups excluding tert-OH is 1. The Morgan fingerprint density at radius 3 is 2.96 bits per heavy atom. The van der Waals surface area contributed by atoms with Gasteiger partial charge in [-0.25, -0.2) is 4.79 Å². The van der Waals surface area contributed by atoms with Crippen LogP contribution in [0.1, 0.15) is 18.9 Å². The van der Waals surface area contributed by atoms with Crippen molar-refractivity contribution in [1.82, 2.24) is 9.78 Å². The summed E-state index contributed by atoms with van der Waals surface area (Å²) in [7, 11) is 0. The molecule has 1 aliphatic rings. The van der Waals surface area contributed by atoms with Gasteiger partial charge in [-0.1, -0.05) is 24.2 Å². The minimum absolute atomic E-state index is 0.0126. The maximum atomic E-state index is 11.8. The summed E-state index contributed by atoms with van der Waals surface area (Å²) in [4.78, 5) is 11.8. The number of halogens is 1. The average molecular weight is 333 g/mol. The molecule has 1 atom stereocenters. The number of rotatable bonds is 4. The van der Waals surface area contributed by atoms with Crippen molar-refractivity contribution in [2.24, 2.45) is 0 Å². The summed E-state index contributed by atoms with van der Waals surface area (Å²) >= 11 is 6.15. The van der Waals surface area contributed by atoms with E-state index in [9.17, 15) is 4.79 Å². The maximum Gasteiger partial charge on any atom is 0.334 e. The van der Waals surface area contributed by atoms with Crippen LogP contribution in [-0.2, 0) is 21.7 Å². The van der Waals surface area contributed by atoms with Crippen molar-refractivity contribution in [1.29, 1.82) is 0 Å². The van der Waals surface area contributed by atoms with Gasteiger partial charge < -0.3 is 9.84 Å². The molecule has 2 aromatic rings. The van der Waals surface area contributed by atoms with Crippen LogP contribution in [0.25, 0.3) is 11.1 Å². The number of cyclic esters (lactones) is 1. The highest BCUT2D eigenvalue weighted by atomic mass is 35.5. The molecule has 120 valence electrons. The van der Waals surface area contributed by atoms with E-state index in [-0.39, 0.29) is 12.6 Å². The average Bonchev–Trinajstić information content (AvgIpc) is 3.05. The van der Waals surface area contributed by atoms with E-state index < -0.39 is 5.60 Å². The zero-order valence-corrected chi connectivity index (χ0v) is 13.5. The van der Waals surface area contributed by atoms with Crippen molar-refractivity contribution in [3.05, 3.63) is 53.3 Å². The zero-order chi connectivity index (χ0) is 16.6. The topological polar surface area (TPSA) is 64.3 Å². The highest BCUT2D eigenvalue weighted by Crippen LogP contribution is 2.43. The molecule has 0 bridgehead atoms. The summed E-state index contributed by atoms with van der Waals surface area (Å²) in [6.07, 6.45) is 3.98. The molecule has 0 spiro atoms. The summed E-state index contributed by atoms with van der Waals surface area (Å²) in [5, 5.41) is 13.8. The third-order valence-corrected chi connectivity index (χ3v) is 4.22. The summed E-state index contributed by atoms with van der Waals surface area (Å²) in [6.45, 7) is 6.06. The van der Waals surface area contributed by atoms with Gasteiger partial charge in [0.05, 0.1) is 19.3 Å². The molecule has 0 radical (unpaired) electrons. The molecule has 1 saturated heterocycles. The van der Waals surface area contributed by atoms with Crippen LogP contribution in [0.4, 0.5) is 0 Å². The van der Waals surface area contributed by atoms with Crippen LogP contribution in [0, 0.1) is 0 Å². The van der Waals surface area contributed by atoms with Gasteiger partial charge in [0.25, 0.3) is 0 Å². The first-order chi connectivity index (χ1) is 10.9. The Hall–Kier alpha value is -2.11. The molecule has 1 aromatic carbocycles. The molecule has 2 heterocycles. The molecule has 0 amide bonds. The van der Waals surface area contributed by atoms with E-state index in [2.05, 4.69) is 11.7 Å². The lowest BCUT2D eigenvalue weighted by Gasteiger charge is -2.25. The number of carbonyl (C=O) groups is 1. The molecule has 6 heteroatoms. The van der Waals surface area contributed by atoms with Crippen molar-refractivity contribution in [2.45, 2.75) is 25.5 Å². The van der Waals surface area contributed by atoms with Gasteiger partial charge in [-0.3, -0.25) is 4.68 Å². The Morgan fingerprint density at radius 2 is 2.30 bits per heavy atom. The van der Waals surface area contributed by atoms with Crippen LogP contribution >= 0.6 is 11.6 Å². The summed E-state index contributed by atoms with van der Waals surface area (Å²) < 4.78 is 7.21. The van der Waals surface area contributed by atoms with Crippen molar-refractivity contribution in [3.8, 4) is 11.1 Å². The van der Waals surface area contributed by atoms with Crippen LogP contribution in [0.15, 0.2) is 42.7 Å². The minimum Gasteiger partial charge on any atom is -0.451 e. The molecular weight excluding hydrogens is 316 g/mol. The SMILES string of the molecule is C=C1C[C@@](C)(c2ccc(Cl)cc2-c2cnn(CCO)c2)OC1=O. The lowest BCUT2D eigenvalue weighted by molar-refractivity contribution is -0.145. The molecule has 1 fully saturated rings. The predicted molar refractivity (Wildman–Crippen MR) is 87.0 cm³/mol. The number of aromatic nitrogens is 2. The van der Waals surface area contributed by atoms with Gasteiger partial charge in [-0.15, -0.1) is 0 Å². The molecule has 1 aliphatic heterocycles. The van der Waals surface area contributed by atoms with E-state index in [0.29, 0.717) is 23.6 Å². The Bertz CT molecular complexity index is 766. The van der Waals surface area contributed by atoms with Crippen LogP contribution in [0.3, 0.4) is 0 Å². The first-order valence-electron chi connectivity index (χ1n) is 7.28. The predicted octanol–water partition coefficient (Wildman–Crippen LogP) is 2.91. The van der Waals surface area contributed by atoms with Crippen molar-refractivity contribution in [2.75, 3.05) is 6.61 Å². The smallest absolute Gasteiger partial charge is 0.334 e. The first kappa shape index (κ1) is 15.8. The van der Waals surface area contributed by atoms with E-state index >= 15 is 0 Å². The van der Waals surface area contributed by atoms with Crippen molar-refractivity contribution < 1.29 is 14.6 Å². The highest BCUT2D eigenvalue weighted by Gasteiger charge is 2.41. The fraction of sp³-hybridized carbons (Fsp3) is 0.294. The summed E-state index contributed by atoms with van der Waals surface area (Å²) in [5.74, 6) is -0.371. The van der Waals surface area contributed by atoms with E-state index in [1.165, 1.54) is 0 Å². The molecule has 5 nitrogen and oxygen atoms in total.